The smallest absolute Gasteiger partial charge is 0.255 e. The van der Waals surface area contributed by atoms with Crippen LogP contribution in [-0.4, -0.2) is 34.6 Å². The van der Waals surface area contributed by atoms with Crippen molar-refractivity contribution in [1.82, 2.24) is 10.2 Å². The van der Waals surface area contributed by atoms with Gasteiger partial charge in [0, 0.05) is 22.4 Å². The molecule has 1 aliphatic carbocycles. The molecule has 1 aliphatic heterocycles. The molecule has 4 nitrogen and oxygen atoms in total. The van der Waals surface area contributed by atoms with E-state index in [1.165, 1.54) is 23.9 Å². The molecule has 2 aromatic rings. The molecule has 7 heteroatoms. The first-order chi connectivity index (χ1) is 13.0. The number of hydrogen-bond acceptors (Lipinski definition) is 3. The number of carbonyl (C=O) groups is 2. The van der Waals surface area contributed by atoms with Gasteiger partial charge in [-0.15, -0.1) is 11.8 Å². The fourth-order valence-electron chi connectivity index (χ4n) is 3.11. The highest BCUT2D eigenvalue weighted by atomic mass is 35.5. The van der Waals surface area contributed by atoms with Gasteiger partial charge in [-0.25, -0.2) is 4.39 Å². The third-order valence-electron chi connectivity index (χ3n) is 4.71. The topological polar surface area (TPSA) is 49.4 Å². The molecule has 4 rings (SSSR count). The van der Waals surface area contributed by atoms with Gasteiger partial charge < -0.3 is 10.2 Å². The molecule has 27 heavy (non-hydrogen) atoms. The lowest BCUT2D eigenvalue weighted by atomic mass is 10.1. The summed E-state index contributed by atoms with van der Waals surface area (Å²) in [6, 6.07) is 12.4. The number of carbonyl (C=O) groups excluding carboxylic acids is 2. The van der Waals surface area contributed by atoms with Gasteiger partial charge in [-0.3, -0.25) is 9.59 Å². The molecule has 1 N–H and O–H groups in total. The largest absolute Gasteiger partial charge is 0.352 e. The summed E-state index contributed by atoms with van der Waals surface area (Å²) in [5.74, 6) is -0.195. The molecule has 2 amide bonds. The number of hydrogen-bond donors (Lipinski definition) is 1. The van der Waals surface area contributed by atoms with Crippen LogP contribution < -0.4 is 5.32 Å². The van der Waals surface area contributed by atoms with Gasteiger partial charge in [0.25, 0.3) is 5.91 Å². The number of halogens is 2. The maximum Gasteiger partial charge on any atom is 0.255 e. The summed E-state index contributed by atoms with van der Waals surface area (Å²) in [5, 5.41) is 3.19. The predicted molar refractivity (Wildman–Crippen MR) is 104 cm³/mol. The van der Waals surface area contributed by atoms with Crippen molar-refractivity contribution in [2.75, 3.05) is 5.75 Å². The maximum absolute atomic E-state index is 13.3. The first-order valence-corrected chi connectivity index (χ1v) is 10.2. The van der Waals surface area contributed by atoms with Crippen LogP contribution in [0, 0.1) is 5.82 Å². The van der Waals surface area contributed by atoms with Gasteiger partial charge >= 0.3 is 0 Å². The van der Waals surface area contributed by atoms with E-state index in [1.54, 1.807) is 41.3 Å². The summed E-state index contributed by atoms with van der Waals surface area (Å²) in [7, 11) is 0. The molecular formula is C20H18ClFN2O2S. The second-order valence-electron chi connectivity index (χ2n) is 6.76. The van der Waals surface area contributed by atoms with Crippen LogP contribution >= 0.6 is 23.4 Å². The van der Waals surface area contributed by atoms with E-state index < -0.39 is 6.04 Å². The summed E-state index contributed by atoms with van der Waals surface area (Å²) in [5.41, 5.74) is 1.27. The van der Waals surface area contributed by atoms with Crippen LogP contribution in [-0.2, 0) is 4.79 Å². The Kier molecular flexibility index (Phi) is 5.10. The summed E-state index contributed by atoms with van der Waals surface area (Å²) in [6.07, 6.45) is 1.97. The first-order valence-electron chi connectivity index (χ1n) is 8.78. The van der Waals surface area contributed by atoms with Crippen molar-refractivity contribution in [2.45, 2.75) is 30.3 Å². The molecule has 140 valence electrons. The van der Waals surface area contributed by atoms with Crippen molar-refractivity contribution in [3.8, 4) is 0 Å². The summed E-state index contributed by atoms with van der Waals surface area (Å²) < 4.78 is 13.3. The lowest BCUT2D eigenvalue weighted by Gasteiger charge is -2.29. The molecule has 0 spiro atoms. The Morgan fingerprint density at radius 2 is 1.74 bits per heavy atom. The molecule has 1 saturated carbocycles. The van der Waals surface area contributed by atoms with Gasteiger partial charge in [-0.1, -0.05) is 23.7 Å². The quantitative estimate of drug-likeness (QED) is 0.837. The normalized spacial score (nSPS) is 21.9. The number of nitrogens with one attached hydrogen (secondary N) is 1. The van der Waals surface area contributed by atoms with Gasteiger partial charge in [0.15, 0.2) is 0 Å². The predicted octanol–water partition coefficient (Wildman–Crippen LogP) is 4.01. The fraction of sp³-hybridized carbons (Fsp3) is 0.300. The van der Waals surface area contributed by atoms with Crippen molar-refractivity contribution in [1.29, 1.82) is 0 Å². The van der Waals surface area contributed by atoms with Gasteiger partial charge in [-0.05, 0) is 54.8 Å². The number of nitrogens with zero attached hydrogens (tertiary/aromatic N) is 1. The third kappa shape index (κ3) is 3.96. The Bertz CT molecular complexity index is 855. The van der Waals surface area contributed by atoms with Gasteiger partial charge in [0.1, 0.15) is 17.2 Å². The Balaban J connectivity index is 1.65. The van der Waals surface area contributed by atoms with Crippen molar-refractivity contribution in [2.24, 2.45) is 0 Å². The average Bonchev–Trinajstić information content (AvgIpc) is 3.37. The SMILES string of the molecule is O=C(NC1CC1)[C@@H]1CS[C@@H](c2ccc(F)cc2)N1C(=O)c1ccc(Cl)cc1. The van der Waals surface area contributed by atoms with Crippen molar-refractivity contribution in [3.63, 3.8) is 0 Å². The molecule has 1 saturated heterocycles. The Morgan fingerprint density at radius 3 is 2.37 bits per heavy atom. The molecule has 2 atom stereocenters. The summed E-state index contributed by atoms with van der Waals surface area (Å²) >= 11 is 7.45. The van der Waals surface area contributed by atoms with E-state index in [1.807, 2.05) is 0 Å². The number of amides is 2. The van der Waals surface area contributed by atoms with E-state index in [0.717, 1.165) is 18.4 Å². The lowest BCUT2D eigenvalue weighted by molar-refractivity contribution is -0.125. The van der Waals surface area contributed by atoms with Gasteiger partial charge in [-0.2, -0.15) is 0 Å². The Hall–Kier alpha value is -2.05. The van der Waals surface area contributed by atoms with E-state index >= 15 is 0 Å². The molecule has 0 bridgehead atoms. The van der Waals surface area contributed by atoms with Gasteiger partial charge in [0.2, 0.25) is 5.91 Å². The van der Waals surface area contributed by atoms with Crippen LogP contribution in [0.15, 0.2) is 48.5 Å². The highest BCUT2D eigenvalue weighted by Gasteiger charge is 2.43. The minimum atomic E-state index is -0.561. The van der Waals surface area contributed by atoms with Crippen LogP contribution in [0.5, 0.6) is 0 Å². The van der Waals surface area contributed by atoms with Crippen LogP contribution in [0.3, 0.4) is 0 Å². The maximum atomic E-state index is 13.3. The molecule has 2 fully saturated rings. The molecule has 1 heterocycles. The highest BCUT2D eigenvalue weighted by molar-refractivity contribution is 7.99. The van der Waals surface area contributed by atoms with E-state index in [2.05, 4.69) is 5.32 Å². The molecular weight excluding hydrogens is 387 g/mol. The zero-order valence-electron chi connectivity index (χ0n) is 14.4. The molecule has 2 aliphatic rings. The van der Waals surface area contributed by atoms with Crippen molar-refractivity contribution in [3.05, 3.63) is 70.5 Å². The van der Waals surface area contributed by atoms with Crippen LogP contribution in [0.2, 0.25) is 5.02 Å². The summed E-state index contributed by atoms with van der Waals surface area (Å²) in [4.78, 5) is 27.6. The lowest BCUT2D eigenvalue weighted by Crippen LogP contribution is -2.48. The Morgan fingerprint density at radius 1 is 1.07 bits per heavy atom. The zero-order valence-corrected chi connectivity index (χ0v) is 16.0. The number of thioether (sulfide) groups is 1. The monoisotopic (exact) mass is 404 g/mol. The van der Waals surface area contributed by atoms with Crippen LogP contribution in [0.4, 0.5) is 4.39 Å². The number of rotatable bonds is 4. The van der Waals surface area contributed by atoms with E-state index in [4.69, 9.17) is 11.6 Å². The van der Waals surface area contributed by atoms with Crippen LogP contribution in [0.25, 0.3) is 0 Å². The van der Waals surface area contributed by atoms with Crippen molar-refractivity contribution < 1.29 is 14.0 Å². The summed E-state index contributed by atoms with van der Waals surface area (Å²) in [6.45, 7) is 0. The minimum Gasteiger partial charge on any atom is -0.352 e. The van der Waals surface area contributed by atoms with Crippen molar-refractivity contribution >= 4 is 35.2 Å². The second kappa shape index (κ2) is 7.52. The molecule has 0 aromatic heterocycles. The highest BCUT2D eigenvalue weighted by Crippen LogP contribution is 2.42. The van der Waals surface area contributed by atoms with Crippen LogP contribution in [0.1, 0.15) is 34.1 Å². The third-order valence-corrected chi connectivity index (χ3v) is 6.28. The molecule has 2 aromatic carbocycles. The zero-order chi connectivity index (χ0) is 19.0. The molecule has 0 radical (unpaired) electrons. The van der Waals surface area contributed by atoms with Gasteiger partial charge in [0.05, 0.1) is 0 Å². The first kappa shape index (κ1) is 18.3. The fourth-order valence-corrected chi connectivity index (χ4v) is 4.66. The number of benzene rings is 2. The standard InChI is InChI=1S/C20H18ClFN2O2S/c21-14-5-1-12(2-6-14)19(26)24-17(18(25)23-16-9-10-16)11-27-20(24)13-3-7-15(22)8-4-13/h1-8,16-17,20H,9-11H2,(H,23,25)/t17-,20-/m0/s1. The second-order valence-corrected chi connectivity index (χ2v) is 8.30. The average molecular weight is 405 g/mol. The van der Waals surface area contributed by atoms with E-state index in [0.29, 0.717) is 16.3 Å². The van der Waals surface area contributed by atoms with E-state index in [9.17, 15) is 14.0 Å². The Labute approximate surface area is 166 Å². The minimum absolute atomic E-state index is 0.128. The molecule has 0 unspecified atom stereocenters. The van der Waals surface area contributed by atoms with E-state index in [-0.39, 0.29) is 29.0 Å².